The quantitative estimate of drug-likeness (QED) is 0.426. The summed E-state index contributed by atoms with van der Waals surface area (Å²) in [5.74, 6) is -0.271. The maximum atomic E-state index is 10.7. The van der Waals surface area contributed by atoms with Crippen LogP contribution in [-0.4, -0.2) is 44.8 Å². The first kappa shape index (κ1) is 9.86. The van der Waals surface area contributed by atoms with E-state index in [0.29, 0.717) is 0 Å². The third-order valence-electron chi connectivity index (χ3n) is 1.22. The minimum absolute atomic E-state index is 0. The Hall–Kier alpha value is -0.138. The van der Waals surface area contributed by atoms with Gasteiger partial charge in [0.05, 0.1) is 0 Å². The third-order valence-corrected chi connectivity index (χ3v) is 1.22. The molecule has 0 spiro atoms. The van der Waals surface area contributed by atoms with Crippen molar-refractivity contribution in [3.63, 3.8) is 0 Å². The average molecular weight is 337 g/mol. The van der Waals surface area contributed by atoms with Gasteiger partial charge in [0.2, 0.25) is 0 Å². The molecule has 0 saturated carbocycles. The second-order valence-electron chi connectivity index (χ2n) is 2.53. The third kappa shape index (κ3) is 1.68. The molecule has 0 aromatic carbocycles. The van der Waals surface area contributed by atoms with Crippen LogP contribution in [-0.2, 0) is 4.79 Å². The maximum absolute atomic E-state index is 10.7. The van der Waals surface area contributed by atoms with Gasteiger partial charge in [-0.05, 0) is 13.8 Å². The Morgan fingerprint density at radius 1 is 1.30 bits per heavy atom. The van der Waals surface area contributed by atoms with Crippen molar-refractivity contribution in [1.29, 1.82) is 0 Å². The summed E-state index contributed by atoms with van der Waals surface area (Å²) in [4.78, 5) is 21.1. The van der Waals surface area contributed by atoms with Crippen molar-refractivity contribution in [2.24, 2.45) is 0 Å². The summed E-state index contributed by atoms with van der Waals surface area (Å²) in [5, 5.41) is 4.56. The molecule has 0 atom stereocenters. The van der Waals surface area contributed by atoms with Gasteiger partial charge < -0.3 is 5.32 Å². The van der Waals surface area contributed by atoms with E-state index < -0.39 is 11.6 Å². The van der Waals surface area contributed by atoms with Crippen LogP contribution in [0.4, 0.5) is 4.79 Å². The number of rotatable bonds is 0. The van der Waals surface area contributed by atoms with Crippen LogP contribution in [0.15, 0.2) is 0 Å². The molecule has 0 aliphatic carbocycles. The van der Waals surface area contributed by atoms with Crippen molar-refractivity contribution in [2.45, 2.75) is 19.4 Å². The molecule has 1 fully saturated rings. The predicted molar refractivity (Wildman–Crippen MR) is 39.3 cm³/mol. The second-order valence-corrected chi connectivity index (χ2v) is 2.53. The van der Waals surface area contributed by atoms with Crippen LogP contribution in [0.2, 0.25) is 0 Å². The van der Waals surface area contributed by atoms with Gasteiger partial charge in [0.15, 0.2) is 0 Å². The molecule has 2 radical (unpaired) electrons. The second kappa shape index (κ2) is 2.85. The first-order chi connectivity index (χ1) is 4.02. The Morgan fingerprint density at radius 2 is 1.80 bits per heavy atom. The Morgan fingerprint density at radius 3 is 1.90 bits per heavy atom. The zero-order valence-corrected chi connectivity index (χ0v) is 11.5. The van der Waals surface area contributed by atoms with Gasteiger partial charge in [-0.2, -0.15) is 0 Å². The van der Waals surface area contributed by atoms with Crippen LogP contribution >= 0.6 is 0 Å². The van der Waals surface area contributed by atoms with E-state index in [1.54, 1.807) is 13.8 Å². The molecule has 0 aromatic rings. The van der Waals surface area contributed by atoms with E-state index >= 15 is 0 Å². The summed E-state index contributed by atoms with van der Waals surface area (Å²) < 4.78 is 0. The predicted octanol–water partition coefficient (Wildman–Crippen LogP) is -1.31. The van der Waals surface area contributed by atoms with Gasteiger partial charge in [0.25, 0.3) is 5.91 Å². The van der Waals surface area contributed by atoms with Gasteiger partial charge in [-0.3, -0.25) is 10.1 Å². The molecule has 1 heterocycles. The van der Waals surface area contributed by atoms with Crippen molar-refractivity contribution in [2.75, 3.05) is 0 Å². The topological polar surface area (TPSA) is 58.2 Å². The van der Waals surface area contributed by atoms with Crippen molar-refractivity contribution in [1.82, 2.24) is 10.6 Å². The first-order valence-electron chi connectivity index (χ1n) is 2.66. The van der Waals surface area contributed by atoms with Crippen molar-refractivity contribution >= 4 is 39.2 Å². The first-order valence-corrected chi connectivity index (χ1v) is 2.66. The van der Waals surface area contributed by atoms with E-state index in [0.717, 1.165) is 0 Å². The molecule has 5 heteroatoms. The molecule has 3 amide bonds. The minimum atomic E-state index is -0.725. The standard InChI is InChI=1S/C5H8N2O2.Pb.2H/c1-5(2)3(8)6-4(9)7-5;;;/h1-2H3,(H2,6,7,8,9);;;. The van der Waals surface area contributed by atoms with E-state index in [1.807, 2.05) is 0 Å². The monoisotopic (exact) mass is 338 g/mol. The Bertz CT molecular complexity index is 178. The molecule has 1 aliphatic heterocycles. The molecule has 4 nitrogen and oxygen atoms in total. The molecule has 0 aromatic heterocycles. The van der Waals surface area contributed by atoms with Crippen LogP contribution in [0, 0.1) is 0 Å². The molecular formula is C5H10N2O2Pb. The molecule has 0 unspecified atom stereocenters. The number of hydrogen-bond donors (Lipinski definition) is 2. The normalized spacial score (nSPS) is 21.0. The zero-order valence-electron chi connectivity index (χ0n) is 6.02. The molecular weight excluding hydrogens is 327 g/mol. The van der Waals surface area contributed by atoms with Crippen LogP contribution in [0.1, 0.15) is 13.8 Å². The Kier molecular flexibility index (Phi) is 2.81. The summed E-state index contributed by atoms with van der Waals surface area (Å²) in [6.07, 6.45) is 0. The molecule has 1 aliphatic rings. The van der Waals surface area contributed by atoms with Crippen molar-refractivity contribution in [3.05, 3.63) is 0 Å². The number of carbonyl (C=O) groups excluding carboxylic acids is 2. The van der Waals surface area contributed by atoms with Gasteiger partial charge in [-0.25, -0.2) is 4.79 Å². The van der Waals surface area contributed by atoms with Crippen molar-refractivity contribution in [3.8, 4) is 0 Å². The number of urea groups is 1. The summed E-state index contributed by atoms with van der Waals surface area (Å²) in [5.41, 5.74) is -0.725. The van der Waals surface area contributed by atoms with E-state index in [-0.39, 0.29) is 33.2 Å². The van der Waals surface area contributed by atoms with Gasteiger partial charge in [0, 0.05) is 0 Å². The van der Waals surface area contributed by atoms with Gasteiger partial charge in [0.1, 0.15) is 5.54 Å². The average Bonchev–Trinajstić information content (AvgIpc) is 1.79. The molecule has 56 valence electrons. The van der Waals surface area contributed by atoms with Crippen LogP contribution < -0.4 is 10.6 Å². The van der Waals surface area contributed by atoms with Crippen LogP contribution in [0.3, 0.4) is 0 Å². The fourth-order valence-corrected chi connectivity index (χ4v) is 0.631. The molecule has 2 N–H and O–H groups in total. The summed E-state index contributed by atoms with van der Waals surface area (Å²) in [7, 11) is 0. The fraction of sp³-hybridized carbons (Fsp3) is 0.600. The van der Waals surface area contributed by atoms with Gasteiger partial charge in [-0.1, -0.05) is 0 Å². The Balaban J connectivity index is 0.000000810. The zero-order chi connectivity index (χ0) is 7.07. The Labute approximate surface area is 78.9 Å². The number of nitrogens with one attached hydrogen (secondary N) is 2. The summed E-state index contributed by atoms with van der Waals surface area (Å²) >= 11 is 0. The van der Waals surface area contributed by atoms with Crippen molar-refractivity contribution < 1.29 is 9.59 Å². The van der Waals surface area contributed by atoms with Crippen LogP contribution in [0.5, 0.6) is 0 Å². The van der Waals surface area contributed by atoms with Gasteiger partial charge in [-0.15, -0.1) is 0 Å². The summed E-state index contributed by atoms with van der Waals surface area (Å²) in [6, 6.07) is -0.412. The van der Waals surface area contributed by atoms with Gasteiger partial charge >= 0.3 is 33.3 Å². The molecule has 1 saturated heterocycles. The molecule has 0 bridgehead atoms. The number of carbonyl (C=O) groups is 2. The number of hydrogen-bond acceptors (Lipinski definition) is 2. The number of amides is 3. The molecule has 1 rings (SSSR count). The van der Waals surface area contributed by atoms with E-state index in [9.17, 15) is 9.59 Å². The fourth-order valence-electron chi connectivity index (χ4n) is 0.631. The molecule has 10 heavy (non-hydrogen) atoms. The van der Waals surface area contributed by atoms with E-state index in [2.05, 4.69) is 10.6 Å². The SMILES string of the molecule is CC1(C)NC(=O)NC1=O.[PbH2]. The summed E-state index contributed by atoms with van der Waals surface area (Å²) in [6.45, 7) is 3.29. The van der Waals surface area contributed by atoms with E-state index in [4.69, 9.17) is 0 Å². The number of imide groups is 1. The van der Waals surface area contributed by atoms with Crippen LogP contribution in [0.25, 0.3) is 0 Å². The van der Waals surface area contributed by atoms with E-state index in [1.165, 1.54) is 0 Å².